The molecule has 0 atom stereocenters. The normalized spacial score (nSPS) is 11.9. The fourth-order valence-electron chi connectivity index (χ4n) is 6.14. The van der Waals surface area contributed by atoms with Crippen LogP contribution in [0.2, 0.25) is 15.1 Å². The Hall–Kier alpha value is -5.42. The molecule has 5 aromatic carbocycles. The van der Waals surface area contributed by atoms with Gasteiger partial charge in [-0.25, -0.2) is 4.68 Å². The van der Waals surface area contributed by atoms with Crippen molar-refractivity contribution in [1.82, 2.24) is 9.78 Å². The summed E-state index contributed by atoms with van der Waals surface area (Å²) in [4.78, 5) is 40.5. The zero-order valence-corrected chi connectivity index (χ0v) is 34.7. The average Bonchev–Trinajstić information content (AvgIpc) is 3.48. The molecule has 0 bridgehead atoms. The van der Waals surface area contributed by atoms with Crippen LogP contribution in [-0.4, -0.2) is 28.2 Å². The van der Waals surface area contributed by atoms with E-state index >= 15 is 0 Å². The van der Waals surface area contributed by atoms with Gasteiger partial charge in [0.25, 0.3) is 11.8 Å². The van der Waals surface area contributed by atoms with Crippen LogP contribution < -0.4 is 20.9 Å². The summed E-state index contributed by atoms with van der Waals surface area (Å²) < 4.78 is 7.16. The molecule has 13 heteroatoms. The molecule has 10 nitrogen and oxygen atoms in total. The lowest BCUT2D eigenvalue weighted by Crippen LogP contribution is -2.24. The molecule has 0 aliphatic carbocycles. The molecule has 0 spiro atoms. The van der Waals surface area contributed by atoms with Crippen LogP contribution in [0.25, 0.3) is 16.5 Å². The van der Waals surface area contributed by atoms with E-state index in [4.69, 9.17) is 39.5 Å². The molecule has 2 amide bonds. The molecule has 0 aliphatic heterocycles. The lowest BCUT2D eigenvalue weighted by Gasteiger charge is -2.30. The largest absolute Gasteiger partial charge is 0.483 e. The van der Waals surface area contributed by atoms with Crippen molar-refractivity contribution in [2.45, 2.75) is 65.2 Å². The highest BCUT2D eigenvalue weighted by atomic mass is 35.5. The molecule has 294 valence electrons. The Bertz CT molecular complexity index is 2530. The van der Waals surface area contributed by atoms with E-state index in [1.54, 1.807) is 30.3 Å². The van der Waals surface area contributed by atoms with Crippen LogP contribution in [0.3, 0.4) is 0 Å². The van der Waals surface area contributed by atoms with E-state index in [1.165, 1.54) is 17.7 Å². The maximum atomic E-state index is 13.8. The van der Waals surface area contributed by atoms with Crippen molar-refractivity contribution in [3.63, 3.8) is 0 Å². The molecule has 0 radical (unpaired) electrons. The van der Waals surface area contributed by atoms with Gasteiger partial charge in [-0.05, 0) is 83.2 Å². The highest BCUT2D eigenvalue weighted by Gasteiger charge is 2.27. The van der Waals surface area contributed by atoms with E-state index < -0.39 is 11.5 Å². The third-order valence-corrected chi connectivity index (χ3v) is 11.2. The first-order valence-corrected chi connectivity index (χ1v) is 19.6. The summed E-state index contributed by atoms with van der Waals surface area (Å²) in [6.45, 7) is 12.9. The smallest absolute Gasteiger partial charge is 0.301 e. The van der Waals surface area contributed by atoms with E-state index in [0.29, 0.717) is 17.1 Å². The quantitative estimate of drug-likeness (QED) is 0.100. The maximum absolute atomic E-state index is 13.8. The SMILES string of the molecule is CCC(C)(C)c1ccc(OCC(=O)Nc2ccc(C(=O)Nc3[nH]n(-c4c(Cl)cc(Cl)cc4Cl)c(=O)c3N=Nc3cccc4ccccc34)cc2)c(C(C)(C)CC)c1. The minimum atomic E-state index is -0.674. The molecule has 3 N–H and O–H groups in total. The Labute approximate surface area is 346 Å². The number of aromatic nitrogens is 2. The molecule has 0 unspecified atom stereocenters. The number of aromatic amines is 1. The van der Waals surface area contributed by atoms with Crippen molar-refractivity contribution in [2.75, 3.05) is 17.2 Å². The summed E-state index contributed by atoms with van der Waals surface area (Å²) in [5.41, 5.74) is 2.58. The number of nitrogens with one attached hydrogen (secondary N) is 3. The van der Waals surface area contributed by atoms with Crippen molar-refractivity contribution < 1.29 is 14.3 Å². The van der Waals surface area contributed by atoms with Crippen molar-refractivity contribution in [3.8, 4) is 11.4 Å². The van der Waals surface area contributed by atoms with Gasteiger partial charge in [-0.1, -0.05) is 125 Å². The Balaban J connectivity index is 1.21. The van der Waals surface area contributed by atoms with Gasteiger partial charge in [-0.15, -0.1) is 10.2 Å². The zero-order chi connectivity index (χ0) is 41.1. The number of hydrogen-bond donors (Lipinski definition) is 3. The van der Waals surface area contributed by atoms with Crippen LogP contribution >= 0.6 is 34.8 Å². The number of azo groups is 1. The lowest BCUT2D eigenvalue weighted by atomic mass is 9.76. The zero-order valence-electron chi connectivity index (χ0n) is 32.5. The highest BCUT2D eigenvalue weighted by molar-refractivity contribution is 6.40. The van der Waals surface area contributed by atoms with E-state index in [-0.39, 0.29) is 61.2 Å². The number of ether oxygens (including phenoxy) is 1. The molecular formula is C44H43Cl3N6O4. The fourth-order valence-corrected chi connectivity index (χ4v) is 7.13. The number of rotatable bonds is 13. The lowest BCUT2D eigenvalue weighted by molar-refractivity contribution is -0.118. The molecule has 0 fully saturated rings. The predicted octanol–water partition coefficient (Wildman–Crippen LogP) is 12.3. The van der Waals surface area contributed by atoms with Crippen LogP contribution in [0.5, 0.6) is 5.75 Å². The Morgan fingerprint density at radius 2 is 1.46 bits per heavy atom. The van der Waals surface area contributed by atoms with Crippen LogP contribution in [0.1, 0.15) is 75.9 Å². The van der Waals surface area contributed by atoms with Crippen molar-refractivity contribution in [3.05, 3.63) is 139 Å². The summed E-state index contributed by atoms with van der Waals surface area (Å²) in [7, 11) is 0. The van der Waals surface area contributed by atoms with Gasteiger partial charge in [0.1, 0.15) is 11.4 Å². The summed E-state index contributed by atoms with van der Waals surface area (Å²) in [6.07, 6.45) is 1.89. The van der Waals surface area contributed by atoms with Crippen LogP contribution in [-0.2, 0) is 15.6 Å². The third-order valence-electron chi connectivity index (χ3n) is 10.4. The molecule has 6 aromatic rings. The minimum Gasteiger partial charge on any atom is -0.483 e. The number of anilines is 2. The van der Waals surface area contributed by atoms with Gasteiger partial charge in [-0.2, -0.15) is 0 Å². The van der Waals surface area contributed by atoms with E-state index in [2.05, 4.69) is 79.6 Å². The maximum Gasteiger partial charge on any atom is 0.301 e. The predicted molar refractivity (Wildman–Crippen MR) is 231 cm³/mol. The number of H-pyrrole nitrogens is 1. The molecule has 0 saturated heterocycles. The monoisotopic (exact) mass is 824 g/mol. The molecule has 1 aromatic heterocycles. The molecule has 1 heterocycles. The second-order valence-corrected chi connectivity index (χ2v) is 16.2. The number of halogens is 3. The highest BCUT2D eigenvalue weighted by Crippen LogP contribution is 2.39. The van der Waals surface area contributed by atoms with E-state index in [1.807, 2.05) is 42.5 Å². The van der Waals surface area contributed by atoms with Gasteiger partial charge in [0.2, 0.25) is 0 Å². The average molecular weight is 826 g/mol. The fraction of sp³-hybridized carbons (Fsp3) is 0.250. The van der Waals surface area contributed by atoms with Crippen molar-refractivity contribution in [1.29, 1.82) is 0 Å². The standard InChI is InChI=1S/C44H43Cl3N6O4/c1-7-43(3,4)28-18-21-36(32(22-28)44(5,6)8-2)57-25-37(54)48-30-19-16-27(17-20-30)41(55)49-40-38(51-50-35-15-11-13-26-12-9-10-14-31(26)35)42(56)53(52-40)39-33(46)23-29(45)24-34(39)47/h9-24,52H,7-8,25H2,1-6H3,(H,48,54)(H,49,55). The molecule has 57 heavy (non-hydrogen) atoms. The third kappa shape index (κ3) is 9.09. The number of benzene rings is 5. The Morgan fingerprint density at radius 3 is 2.14 bits per heavy atom. The Morgan fingerprint density at radius 1 is 0.789 bits per heavy atom. The first-order valence-electron chi connectivity index (χ1n) is 18.5. The van der Waals surface area contributed by atoms with Crippen molar-refractivity contribution in [2.24, 2.45) is 10.2 Å². The van der Waals surface area contributed by atoms with Gasteiger partial charge >= 0.3 is 5.56 Å². The van der Waals surface area contributed by atoms with Gasteiger partial charge in [0.05, 0.1) is 15.7 Å². The number of carbonyl (C=O) groups excluding carboxylic acids is 2. The van der Waals surface area contributed by atoms with E-state index in [0.717, 1.165) is 33.9 Å². The van der Waals surface area contributed by atoms with Crippen LogP contribution in [0, 0.1) is 0 Å². The summed E-state index contributed by atoms with van der Waals surface area (Å²) >= 11 is 19.1. The number of hydrogen-bond acceptors (Lipinski definition) is 6. The summed E-state index contributed by atoms with van der Waals surface area (Å²) in [5.74, 6) is -0.309. The first kappa shape index (κ1) is 41.2. The molecule has 0 aliphatic rings. The summed E-state index contributed by atoms with van der Waals surface area (Å²) in [6, 6.07) is 28.6. The number of fused-ring (bicyclic) bond motifs is 1. The van der Waals surface area contributed by atoms with Crippen LogP contribution in [0.15, 0.2) is 112 Å². The Kier molecular flexibility index (Phi) is 12.3. The van der Waals surface area contributed by atoms with Crippen molar-refractivity contribution >= 4 is 80.3 Å². The minimum absolute atomic E-state index is 0.00536. The van der Waals surface area contributed by atoms with E-state index in [9.17, 15) is 14.4 Å². The summed E-state index contributed by atoms with van der Waals surface area (Å²) in [5, 5.41) is 19.3. The van der Waals surface area contributed by atoms with Gasteiger partial charge in [0.15, 0.2) is 18.1 Å². The molecular weight excluding hydrogens is 783 g/mol. The van der Waals surface area contributed by atoms with Gasteiger partial charge in [-0.3, -0.25) is 19.5 Å². The van der Waals surface area contributed by atoms with Gasteiger partial charge < -0.3 is 15.4 Å². The molecule has 6 rings (SSSR count). The second-order valence-electron chi connectivity index (χ2n) is 14.9. The number of nitrogens with zero attached hydrogens (tertiary/aromatic N) is 3. The van der Waals surface area contributed by atoms with Gasteiger partial charge in [0, 0.05) is 27.2 Å². The van der Waals surface area contributed by atoms with Crippen LogP contribution in [0.4, 0.5) is 22.9 Å². The topological polar surface area (TPSA) is 130 Å². The second kappa shape index (κ2) is 17.0. The molecule has 0 saturated carbocycles. The number of carbonyl (C=O) groups is 2. The first-order chi connectivity index (χ1) is 27.1. The number of amides is 2.